The molecule has 66 valence electrons. The molecule has 3 nitrogen and oxygen atoms in total. The van der Waals surface area contributed by atoms with Crippen molar-refractivity contribution in [3.05, 3.63) is 0 Å². The van der Waals surface area contributed by atoms with E-state index in [4.69, 9.17) is 8.85 Å². The largest absolute Gasteiger partial charge is 0.428 e. The molecule has 1 fully saturated rings. The van der Waals surface area contributed by atoms with E-state index in [0.717, 1.165) is 12.6 Å². The van der Waals surface area contributed by atoms with Gasteiger partial charge in [-0.1, -0.05) is 13.8 Å². The summed E-state index contributed by atoms with van der Waals surface area (Å²) in [5.41, 5.74) is 0. The highest BCUT2D eigenvalue weighted by molar-refractivity contribution is 6.67. The van der Waals surface area contributed by atoms with Crippen LogP contribution in [0.25, 0.3) is 0 Å². The fourth-order valence-corrected chi connectivity index (χ4v) is 4.27. The Morgan fingerprint density at radius 1 is 1.27 bits per heavy atom. The molecule has 4 heteroatoms. The molecule has 1 saturated heterocycles. The van der Waals surface area contributed by atoms with Crippen LogP contribution in [0.4, 0.5) is 0 Å². The van der Waals surface area contributed by atoms with Gasteiger partial charge in [0.25, 0.3) is 0 Å². The van der Waals surface area contributed by atoms with E-state index in [1.165, 1.54) is 0 Å². The summed E-state index contributed by atoms with van der Waals surface area (Å²) >= 11 is 0. The molecule has 0 spiro atoms. The zero-order valence-electron chi connectivity index (χ0n) is 7.76. The predicted octanol–water partition coefficient (Wildman–Crippen LogP) is 0.942. The van der Waals surface area contributed by atoms with E-state index >= 15 is 0 Å². The molecule has 11 heavy (non-hydrogen) atoms. The third-order valence-corrected chi connectivity index (χ3v) is 6.11. The summed E-state index contributed by atoms with van der Waals surface area (Å²) in [5, 5.41) is 0. The molecule has 1 aliphatic heterocycles. The van der Waals surface area contributed by atoms with E-state index < -0.39 is 8.72 Å². The monoisotopic (exact) mass is 175 g/mol. The highest BCUT2D eigenvalue weighted by Gasteiger charge is 2.52. The molecule has 0 aromatic rings. The van der Waals surface area contributed by atoms with Gasteiger partial charge in [0, 0.05) is 26.3 Å². The van der Waals surface area contributed by atoms with Gasteiger partial charge in [0.1, 0.15) is 0 Å². The van der Waals surface area contributed by atoms with Crippen LogP contribution in [0.3, 0.4) is 0 Å². The van der Waals surface area contributed by atoms with Gasteiger partial charge in [0.05, 0.1) is 0 Å². The first-order valence-corrected chi connectivity index (χ1v) is 6.00. The second-order valence-electron chi connectivity index (χ2n) is 3.16. The van der Waals surface area contributed by atoms with E-state index in [-0.39, 0.29) is 0 Å². The Morgan fingerprint density at radius 3 is 1.91 bits per heavy atom. The van der Waals surface area contributed by atoms with Gasteiger partial charge in [-0.25, -0.2) is 0 Å². The summed E-state index contributed by atoms with van der Waals surface area (Å²) in [4.78, 5) is 0. The van der Waals surface area contributed by atoms with Gasteiger partial charge in [0.2, 0.25) is 0 Å². The molecule has 0 atom stereocenters. The molecule has 0 aromatic heterocycles. The smallest absolute Gasteiger partial charge is 0.386 e. The second-order valence-corrected chi connectivity index (χ2v) is 6.47. The van der Waals surface area contributed by atoms with Crippen LogP contribution in [-0.2, 0) is 8.85 Å². The summed E-state index contributed by atoms with van der Waals surface area (Å²) in [5.74, 6) is 0. The molecule has 0 N–H and O–H groups in total. The Balaban J connectivity index is 2.56. The van der Waals surface area contributed by atoms with Crippen molar-refractivity contribution in [2.75, 3.05) is 20.8 Å². The minimum Gasteiger partial charge on any atom is -0.386 e. The van der Waals surface area contributed by atoms with Crippen LogP contribution in [0.2, 0.25) is 6.04 Å². The molecule has 1 rings (SSSR count). The number of nitrogens with zero attached hydrogens (tertiary/aromatic N) is 1. The van der Waals surface area contributed by atoms with Crippen LogP contribution in [-0.4, -0.2) is 40.1 Å². The summed E-state index contributed by atoms with van der Waals surface area (Å²) in [6.07, 6.45) is 0. The van der Waals surface area contributed by atoms with Gasteiger partial charge in [-0.15, -0.1) is 0 Å². The third kappa shape index (κ3) is 1.36. The van der Waals surface area contributed by atoms with Crippen molar-refractivity contribution in [1.29, 1.82) is 0 Å². The Kier molecular flexibility index (Phi) is 2.69. The normalized spacial score (nSPS) is 23.7. The lowest BCUT2D eigenvalue weighted by atomic mass is 10.4. The molecule has 0 amide bonds. The van der Waals surface area contributed by atoms with E-state index in [0.29, 0.717) is 6.04 Å². The van der Waals surface area contributed by atoms with Crippen molar-refractivity contribution in [2.45, 2.75) is 25.9 Å². The van der Waals surface area contributed by atoms with Gasteiger partial charge < -0.3 is 8.85 Å². The Morgan fingerprint density at radius 2 is 1.82 bits per heavy atom. The van der Waals surface area contributed by atoms with Crippen LogP contribution in [0.5, 0.6) is 0 Å². The van der Waals surface area contributed by atoms with E-state index in [1.54, 1.807) is 14.2 Å². The molecule has 0 unspecified atom stereocenters. The van der Waals surface area contributed by atoms with Crippen LogP contribution < -0.4 is 0 Å². The van der Waals surface area contributed by atoms with Crippen LogP contribution in [0, 0.1) is 0 Å². The van der Waals surface area contributed by atoms with Crippen molar-refractivity contribution in [2.24, 2.45) is 0 Å². The van der Waals surface area contributed by atoms with Crippen molar-refractivity contribution >= 4 is 8.72 Å². The molecule has 0 bridgehead atoms. The number of hydrogen-bond donors (Lipinski definition) is 0. The van der Waals surface area contributed by atoms with Crippen molar-refractivity contribution in [3.63, 3.8) is 0 Å². The summed E-state index contributed by atoms with van der Waals surface area (Å²) < 4.78 is 13.2. The minimum atomic E-state index is -1.85. The molecular weight excluding hydrogens is 158 g/mol. The highest BCUT2D eigenvalue weighted by atomic mass is 28.4. The fraction of sp³-hybridized carbons (Fsp3) is 1.00. The predicted molar refractivity (Wildman–Crippen MR) is 46.4 cm³/mol. The van der Waals surface area contributed by atoms with Gasteiger partial charge in [-0.05, 0) is 6.54 Å². The lowest BCUT2D eigenvalue weighted by Crippen LogP contribution is -2.69. The maximum Gasteiger partial charge on any atom is 0.428 e. The van der Waals surface area contributed by atoms with Crippen LogP contribution >= 0.6 is 0 Å². The van der Waals surface area contributed by atoms with Crippen molar-refractivity contribution < 1.29 is 8.85 Å². The number of rotatable bonds is 3. The second kappa shape index (κ2) is 3.22. The topological polar surface area (TPSA) is 21.7 Å². The molecule has 1 aliphatic rings. The zero-order chi connectivity index (χ0) is 8.48. The van der Waals surface area contributed by atoms with E-state index in [1.807, 2.05) is 0 Å². The maximum atomic E-state index is 5.44. The average Bonchev–Trinajstić information content (AvgIpc) is 1.87. The first-order valence-electron chi connectivity index (χ1n) is 4.03. The molecule has 0 saturated carbocycles. The standard InChI is InChI=1S/C7H17NO2Si/c1-7(2)8-5-6-11(8,9-3)10-4/h7H,5-6H2,1-4H3. The number of hydrogen-bond acceptors (Lipinski definition) is 3. The zero-order valence-corrected chi connectivity index (χ0v) is 8.76. The first-order chi connectivity index (χ1) is 5.16. The average molecular weight is 175 g/mol. The van der Waals surface area contributed by atoms with Crippen LogP contribution in [0.1, 0.15) is 13.8 Å². The molecular formula is C7H17NO2Si. The molecule has 0 aliphatic carbocycles. The quantitative estimate of drug-likeness (QED) is 0.596. The maximum absolute atomic E-state index is 5.44. The van der Waals surface area contributed by atoms with Gasteiger partial charge in [0.15, 0.2) is 0 Å². The van der Waals surface area contributed by atoms with E-state index in [2.05, 4.69) is 18.4 Å². The third-order valence-electron chi connectivity index (χ3n) is 2.37. The lowest BCUT2D eigenvalue weighted by molar-refractivity contribution is 0.107. The van der Waals surface area contributed by atoms with Crippen LogP contribution in [0.15, 0.2) is 0 Å². The molecule has 1 heterocycles. The highest BCUT2D eigenvalue weighted by Crippen LogP contribution is 2.29. The Labute approximate surface area is 69.6 Å². The van der Waals surface area contributed by atoms with Gasteiger partial charge in [-0.2, -0.15) is 0 Å². The fourth-order valence-electron chi connectivity index (χ4n) is 1.60. The van der Waals surface area contributed by atoms with Crippen molar-refractivity contribution in [3.8, 4) is 0 Å². The van der Waals surface area contributed by atoms with Gasteiger partial charge in [-0.3, -0.25) is 4.57 Å². The Bertz CT molecular complexity index is 131. The molecule has 0 aromatic carbocycles. The van der Waals surface area contributed by atoms with Gasteiger partial charge >= 0.3 is 8.72 Å². The first kappa shape index (κ1) is 9.19. The summed E-state index contributed by atoms with van der Waals surface area (Å²) in [7, 11) is 1.66. The van der Waals surface area contributed by atoms with Crippen molar-refractivity contribution in [1.82, 2.24) is 4.57 Å². The Hall–Kier alpha value is 0.0969. The minimum absolute atomic E-state index is 0.551. The SMILES string of the molecule is CO[Si]1(OC)CCN1C(C)C. The summed E-state index contributed by atoms with van der Waals surface area (Å²) in [6.45, 7) is 5.49. The molecule has 0 radical (unpaired) electrons. The lowest BCUT2D eigenvalue weighted by Gasteiger charge is -2.48. The summed E-state index contributed by atoms with van der Waals surface area (Å²) in [6, 6.07) is 1.66. The van der Waals surface area contributed by atoms with E-state index in [9.17, 15) is 0 Å².